The average molecular weight is 276 g/mol. The first-order valence-corrected chi connectivity index (χ1v) is 6.76. The molecule has 1 saturated carbocycles. The number of aromatic nitrogens is 4. The Morgan fingerprint density at radius 1 is 1.25 bits per heavy atom. The van der Waals surface area contributed by atoms with E-state index < -0.39 is 5.76 Å². The van der Waals surface area contributed by atoms with E-state index in [1.807, 2.05) is 0 Å². The summed E-state index contributed by atoms with van der Waals surface area (Å²) in [5.74, 6) is 0.604. The van der Waals surface area contributed by atoms with Gasteiger partial charge in [0, 0.05) is 18.9 Å². The molecule has 0 atom stereocenters. The Morgan fingerprint density at radius 3 is 2.65 bits per heavy atom. The van der Waals surface area contributed by atoms with Crippen LogP contribution in [-0.2, 0) is 6.54 Å². The molecule has 0 unspecified atom stereocenters. The maximum absolute atomic E-state index is 11.8. The average Bonchev–Trinajstić information content (AvgIpc) is 2.84. The predicted molar refractivity (Wildman–Crippen MR) is 69.8 cm³/mol. The molecule has 20 heavy (non-hydrogen) atoms. The molecule has 0 spiro atoms. The highest BCUT2D eigenvalue weighted by Gasteiger charge is 2.23. The van der Waals surface area contributed by atoms with Crippen molar-refractivity contribution in [3.05, 3.63) is 29.0 Å². The summed E-state index contributed by atoms with van der Waals surface area (Å²) in [6.07, 6.45) is 6.35. The summed E-state index contributed by atoms with van der Waals surface area (Å²) in [5, 5.41) is 13.3. The Labute approximate surface area is 115 Å². The standard InChI is InChI=1S/C13H16N4O3/c18-10-4-2-9(3-5-10)8-17-12(16-20-13(17)19)11-14-6-1-7-15-11/h1,6-7,9-10,18H,2-5,8H2. The Balaban J connectivity index is 1.83. The van der Waals surface area contributed by atoms with E-state index in [9.17, 15) is 9.90 Å². The Morgan fingerprint density at radius 2 is 1.95 bits per heavy atom. The van der Waals surface area contributed by atoms with Crippen LogP contribution in [0.15, 0.2) is 27.8 Å². The minimum absolute atomic E-state index is 0.206. The summed E-state index contributed by atoms with van der Waals surface area (Å²) in [4.78, 5) is 20.0. The van der Waals surface area contributed by atoms with Crippen molar-refractivity contribution in [3.8, 4) is 11.6 Å². The van der Waals surface area contributed by atoms with Gasteiger partial charge in [0.05, 0.1) is 6.10 Å². The van der Waals surface area contributed by atoms with Gasteiger partial charge in [-0.15, -0.1) is 0 Å². The van der Waals surface area contributed by atoms with Crippen LogP contribution >= 0.6 is 0 Å². The van der Waals surface area contributed by atoms with E-state index >= 15 is 0 Å². The molecule has 0 radical (unpaired) electrons. The highest BCUT2D eigenvalue weighted by molar-refractivity contribution is 5.41. The highest BCUT2D eigenvalue weighted by atomic mass is 16.5. The molecule has 0 amide bonds. The van der Waals surface area contributed by atoms with E-state index in [0.29, 0.717) is 24.1 Å². The molecule has 7 heteroatoms. The van der Waals surface area contributed by atoms with Crippen molar-refractivity contribution in [2.75, 3.05) is 0 Å². The van der Waals surface area contributed by atoms with E-state index in [1.165, 1.54) is 4.57 Å². The van der Waals surface area contributed by atoms with E-state index in [-0.39, 0.29) is 6.10 Å². The van der Waals surface area contributed by atoms with Crippen LogP contribution in [-0.4, -0.2) is 30.9 Å². The molecule has 2 aromatic heterocycles. The van der Waals surface area contributed by atoms with Gasteiger partial charge in [0.2, 0.25) is 5.82 Å². The Bertz CT molecular complexity index is 614. The number of rotatable bonds is 3. The summed E-state index contributed by atoms with van der Waals surface area (Å²) < 4.78 is 6.22. The van der Waals surface area contributed by atoms with Gasteiger partial charge in [-0.05, 0) is 37.7 Å². The molecule has 0 aromatic carbocycles. The second-order valence-electron chi connectivity index (χ2n) is 5.13. The van der Waals surface area contributed by atoms with Crippen LogP contribution in [0.5, 0.6) is 0 Å². The minimum atomic E-state index is -0.487. The van der Waals surface area contributed by atoms with Crippen molar-refractivity contribution in [2.45, 2.75) is 38.3 Å². The number of aliphatic hydroxyl groups excluding tert-OH is 1. The molecule has 0 bridgehead atoms. The zero-order chi connectivity index (χ0) is 13.9. The van der Waals surface area contributed by atoms with Gasteiger partial charge >= 0.3 is 5.76 Å². The first kappa shape index (κ1) is 13.0. The van der Waals surface area contributed by atoms with Crippen molar-refractivity contribution in [2.24, 2.45) is 5.92 Å². The fourth-order valence-corrected chi connectivity index (χ4v) is 2.59. The molecular weight excluding hydrogens is 260 g/mol. The van der Waals surface area contributed by atoms with Gasteiger partial charge in [-0.25, -0.2) is 14.8 Å². The van der Waals surface area contributed by atoms with Crippen LogP contribution in [0.3, 0.4) is 0 Å². The van der Waals surface area contributed by atoms with Crippen molar-refractivity contribution in [3.63, 3.8) is 0 Å². The molecule has 2 heterocycles. The first-order valence-electron chi connectivity index (χ1n) is 6.76. The molecule has 0 saturated heterocycles. The molecule has 7 nitrogen and oxygen atoms in total. The molecule has 0 aliphatic heterocycles. The van der Waals surface area contributed by atoms with E-state index in [4.69, 9.17) is 4.52 Å². The van der Waals surface area contributed by atoms with Crippen LogP contribution in [0.25, 0.3) is 11.6 Å². The second kappa shape index (κ2) is 5.54. The van der Waals surface area contributed by atoms with Crippen LogP contribution in [0, 0.1) is 5.92 Å². The molecule has 1 aliphatic rings. The van der Waals surface area contributed by atoms with Crippen molar-refractivity contribution >= 4 is 0 Å². The zero-order valence-corrected chi connectivity index (χ0v) is 11.0. The topological polar surface area (TPSA) is 94.0 Å². The van der Waals surface area contributed by atoms with Gasteiger partial charge in [0.1, 0.15) is 0 Å². The van der Waals surface area contributed by atoms with Crippen molar-refractivity contribution < 1.29 is 9.63 Å². The Kier molecular flexibility index (Phi) is 3.60. The summed E-state index contributed by atoms with van der Waals surface area (Å²) in [7, 11) is 0. The van der Waals surface area contributed by atoms with E-state index in [1.54, 1.807) is 18.5 Å². The summed E-state index contributed by atoms with van der Waals surface area (Å²) in [5.41, 5.74) is 0. The van der Waals surface area contributed by atoms with Crippen LogP contribution in [0.2, 0.25) is 0 Å². The third kappa shape index (κ3) is 2.62. The van der Waals surface area contributed by atoms with Crippen LogP contribution in [0.1, 0.15) is 25.7 Å². The van der Waals surface area contributed by atoms with Crippen molar-refractivity contribution in [1.29, 1.82) is 0 Å². The number of hydrogen-bond acceptors (Lipinski definition) is 6. The van der Waals surface area contributed by atoms with Gasteiger partial charge in [-0.1, -0.05) is 5.16 Å². The molecule has 1 fully saturated rings. The second-order valence-corrected chi connectivity index (χ2v) is 5.13. The quantitative estimate of drug-likeness (QED) is 0.893. The smallest absolute Gasteiger partial charge is 0.393 e. The number of nitrogens with zero attached hydrogens (tertiary/aromatic N) is 4. The maximum atomic E-state index is 11.8. The number of aliphatic hydroxyl groups is 1. The van der Waals surface area contributed by atoms with Gasteiger partial charge in [0.15, 0.2) is 5.82 Å². The minimum Gasteiger partial charge on any atom is -0.393 e. The molecule has 1 N–H and O–H groups in total. The van der Waals surface area contributed by atoms with Gasteiger partial charge < -0.3 is 5.11 Å². The van der Waals surface area contributed by atoms with E-state index in [0.717, 1.165) is 25.7 Å². The largest absolute Gasteiger partial charge is 0.441 e. The summed E-state index contributed by atoms with van der Waals surface area (Å²) in [6.45, 7) is 0.530. The maximum Gasteiger partial charge on any atom is 0.441 e. The highest BCUT2D eigenvalue weighted by Crippen LogP contribution is 2.26. The predicted octanol–water partition coefficient (Wildman–Crippen LogP) is 0.844. The monoisotopic (exact) mass is 276 g/mol. The summed E-state index contributed by atoms with van der Waals surface area (Å²) in [6, 6.07) is 1.70. The SMILES string of the molecule is O=c1onc(-c2ncccn2)n1CC1CCC(O)CC1. The third-order valence-corrected chi connectivity index (χ3v) is 3.71. The third-order valence-electron chi connectivity index (χ3n) is 3.71. The zero-order valence-electron chi connectivity index (χ0n) is 11.0. The van der Waals surface area contributed by atoms with Crippen molar-refractivity contribution in [1.82, 2.24) is 19.7 Å². The van der Waals surface area contributed by atoms with Gasteiger partial charge in [-0.2, -0.15) is 0 Å². The molecule has 106 valence electrons. The lowest BCUT2D eigenvalue weighted by Crippen LogP contribution is -2.26. The Hall–Kier alpha value is -2.02. The lowest BCUT2D eigenvalue weighted by atomic mass is 9.87. The first-order chi connectivity index (χ1) is 9.74. The van der Waals surface area contributed by atoms with Crippen LogP contribution < -0.4 is 5.76 Å². The summed E-state index contributed by atoms with van der Waals surface area (Å²) >= 11 is 0. The van der Waals surface area contributed by atoms with E-state index in [2.05, 4.69) is 15.1 Å². The van der Waals surface area contributed by atoms with Gasteiger partial charge in [-0.3, -0.25) is 9.09 Å². The molecule has 3 rings (SSSR count). The van der Waals surface area contributed by atoms with Crippen LogP contribution in [0.4, 0.5) is 0 Å². The molecule has 1 aliphatic carbocycles. The number of hydrogen-bond donors (Lipinski definition) is 1. The fourth-order valence-electron chi connectivity index (χ4n) is 2.59. The lowest BCUT2D eigenvalue weighted by molar-refractivity contribution is 0.104. The molecular formula is C13H16N4O3. The molecule has 2 aromatic rings. The normalized spacial score (nSPS) is 22.9. The lowest BCUT2D eigenvalue weighted by Gasteiger charge is -2.25. The fraction of sp³-hybridized carbons (Fsp3) is 0.538. The van der Waals surface area contributed by atoms with Gasteiger partial charge in [0.25, 0.3) is 0 Å².